The van der Waals surface area contributed by atoms with Crippen molar-refractivity contribution in [2.45, 2.75) is 38.3 Å². The van der Waals surface area contributed by atoms with Crippen LogP contribution in [-0.4, -0.2) is 33.5 Å². The average Bonchev–Trinajstić information content (AvgIpc) is 3.41. The van der Waals surface area contributed by atoms with E-state index in [1.165, 1.54) is 0 Å². The van der Waals surface area contributed by atoms with Crippen molar-refractivity contribution in [3.8, 4) is 5.88 Å². The van der Waals surface area contributed by atoms with Gasteiger partial charge in [0.05, 0.1) is 18.4 Å². The number of fused-ring (bicyclic) bond motifs is 1. The van der Waals surface area contributed by atoms with Gasteiger partial charge in [-0.3, -0.25) is 9.69 Å². The Balaban J connectivity index is 1.50. The summed E-state index contributed by atoms with van der Waals surface area (Å²) < 4.78 is 5.08. The highest BCUT2D eigenvalue weighted by atomic mass is 16.5. The van der Waals surface area contributed by atoms with Crippen LogP contribution in [0.4, 0.5) is 0 Å². The van der Waals surface area contributed by atoms with Gasteiger partial charge in [0, 0.05) is 44.2 Å². The van der Waals surface area contributed by atoms with Crippen LogP contribution in [-0.2, 0) is 19.5 Å². The van der Waals surface area contributed by atoms with Gasteiger partial charge in [-0.1, -0.05) is 6.07 Å². The standard InChI is InChI=1S/C17H20N4O2/c1-23-15-5-2-11(8-18-15)9-21-7-6-14-13(10-21)17(22)20-16(19-14)12-3-4-12/h2,5,8,12H,3-4,6-7,9-10H2,1H3,(H,19,20,22). The molecule has 6 nitrogen and oxygen atoms in total. The Morgan fingerprint density at radius 2 is 2.26 bits per heavy atom. The topological polar surface area (TPSA) is 71.1 Å². The Labute approximate surface area is 134 Å². The van der Waals surface area contributed by atoms with Crippen molar-refractivity contribution in [3.05, 3.63) is 51.3 Å². The number of pyridine rings is 1. The van der Waals surface area contributed by atoms with Gasteiger partial charge in [0.25, 0.3) is 5.56 Å². The molecule has 6 heteroatoms. The zero-order chi connectivity index (χ0) is 15.8. The molecule has 3 heterocycles. The molecule has 1 aliphatic carbocycles. The van der Waals surface area contributed by atoms with Crippen LogP contribution < -0.4 is 10.3 Å². The lowest BCUT2D eigenvalue weighted by atomic mass is 10.1. The SMILES string of the molecule is COc1ccc(CN2CCc3nc(C4CC4)[nH]c(=O)c3C2)cn1. The summed E-state index contributed by atoms with van der Waals surface area (Å²) in [5, 5.41) is 0. The van der Waals surface area contributed by atoms with Gasteiger partial charge < -0.3 is 9.72 Å². The molecule has 23 heavy (non-hydrogen) atoms. The second-order valence-corrected chi connectivity index (χ2v) is 6.32. The number of aromatic amines is 1. The molecule has 1 aliphatic heterocycles. The van der Waals surface area contributed by atoms with Crippen molar-refractivity contribution < 1.29 is 4.74 Å². The third-order valence-electron chi connectivity index (χ3n) is 4.54. The molecule has 1 fully saturated rings. The molecule has 2 aromatic heterocycles. The third-order valence-corrected chi connectivity index (χ3v) is 4.54. The van der Waals surface area contributed by atoms with E-state index in [-0.39, 0.29) is 5.56 Å². The van der Waals surface area contributed by atoms with E-state index in [4.69, 9.17) is 4.74 Å². The number of methoxy groups -OCH3 is 1. The second kappa shape index (κ2) is 5.77. The van der Waals surface area contributed by atoms with Gasteiger partial charge in [0.2, 0.25) is 5.88 Å². The van der Waals surface area contributed by atoms with E-state index in [0.717, 1.165) is 55.0 Å². The van der Waals surface area contributed by atoms with Crippen LogP contribution in [0.3, 0.4) is 0 Å². The molecule has 0 bridgehead atoms. The molecule has 0 amide bonds. The Morgan fingerprint density at radius 1 is 1.39 bits per heavy atom. The van der Waals surface area contributed by atoms with Gasteiger partial charge in [-0.25, -0.2) is 9.97 Å². The minimum Gasteiger partial charge on any atom is -0.481 e. The Bertz CT molecular complexity index is 765. The third kappa shape index (κ3) is 2.99. The van der Waals surface area contributed by atoms with Gasteiger partial charge in [-0.15, -0.1) is 0 Å². The average molecular weight is 312 g/mol. The van der Waals surface area contributed by atoms with Crippen molar-refractivity contribution in [2.24, 2.45) is 0 Å². The first kappa shape index (κ1) is 14.4. The zero-order valence-electron chi connectivity index (χ0n) is 13.2. The zero-order valence-corrected chi connectivity index (χ0v) is 13.2. The molecular formula is C17H20N4O2. The van der Waals surface area contributed by atoms with E-state index in [9.17, 15) is 4.79 Å². The van der Waals surface area contributed by atoms with E-state index in [0.29, 0.717) is 18.3 Å². The number of nitrogens with zero attached hydrogens (tertiary/aromatic N) is 3. The number of hydrogen-bond acceptors (Lipinski definition) is 5. The normalized spacial score (nSPS) is 17.8. The Morgan fingerprint density at radius 3 is 2.96 bits per heavy atom. The largest absolute Gasteiger partial charge is 0.481 e. The molecule has 2 aromatic rings. The molecule has 1 N–H and O–H groups in total. The summed E-state index contributed by atoms with van der Waals surface area (Å²) in [4.78, 5) is 26.5. The maximum absolute atomic E-state index is 12.3. The Kier molecular flexibility index (Phi) is 3.61. The first-order valence-electron chi connectivity index (χ1n) is 8.06. The van der Waals surface area contributed by atoms with Crippen LogP contribution in [0.15, 0.2) is 23.1 Å². The van der Waals surface area contributed by atoms with E-state index in [2.05, 4.69) is 19.9 Å². The van der Waals surface area contributed by atoms with Gasteiger partial charge in [0.15, 0.2) is 0 Å². The van der Waals surface area contributed by atoms with Crippen molar-refractivity contribution in [2.75, 3.05) is 13.7 Å². The van der Waals surface area contributed by atoms with Gasteiger partial charge >= 0.3 is 0 Å². The minimum atomic E-state index is 0.0365. The van der Waals surface area contributed by atoms with Crippen molar-refractivity contribution in [1.29, 1.82) is 0 Å². The smallest absolute Gasteiger partial charge is 0.255 e. The van der Waals surface area contributed by atoms with Gasteiger partial charge in [-0.2, -0.15) is 0 Å². The first-order valence-corrected chi connectivity index (χ1v) is 8.06. The van der Waals surface area contributed by atoms with Crippen LogP contribution >= 0.6 is 0 Å². The maximum atomic E-state index is 12.3. The lowest BCUT2D eigenvalue weighted by Crippen LogP contribution is -2.35. The summed E-state index contributed by atoms with van der Waals surface area (Å²) in [5.74, 6) is 1.99. The fraction of sp³-hybridized carbons (Fsp3) is 0.471. The fourth-order valence-corrected chi connectivity index (χ4v) is 3.07. The van der Waals surface area contributed by atoms with E-state index in [1.54, 1.807) is 7.11 Å². The molecule has 0 spiro atoms. The van der Waals surface area contributed by atoms with Crippen LogP contribution in [0.5, 0.6) is 5.88 Å². The quantitative estimate of drug-likeness (QED) is 0.928. The van der Waals surface area contributed by atoms with Crippen molar-refractivity contribution in [3.63, 3.8) is 0 Å². The van der Waals surface area contributed by atoms with Crippen LogP contribution in [0.2, 0.25) is 0 Å². The van der Waals surface area contributed by atoms with E-state index in [1.807, 2.05) is 18.3 Å². The molecule has 4 rings (SSSR count). The predicted octanol–water partition coefficient (Wildman–Crippen LogP) is 1.61. The molecular weight excluding hydrogens is 292 g/mol. The summed E-state index contributed by atoms with van der Waals surface area (Å²) in [7, 11) is 1.61. The second-order valence-electron chi connectivity index (χ2n) is 6.32. The predicted molar refractivity (Wildman–Crippen MR) is 85.4 cm³/mol. The molecule has 0 atom stereocenters. The highest BCUT2D eigenvalue weighted by Crippen LogP contribution is 2.37. The number of aromatic nitrogens is 3. The van der Waals surface area contributed by atoms with Gasteiger partial charge in [0.1, 0.15) is 5.82 Å². The monoisotopic (exact) mass is 312 g/mol. The fourth-order valence-electron chi connectivity index (χ4n) is 3.07. The summed E-state index contributed by atoms with van der Waals surface area (Å²) >= 11 is 0. The maximum Gasteiger partial charge on any atom is 0.255 e. The van der Waals surface area contributed by atoms with E-state index < -0.39 is 0 Å². The Hall–Kier alpha value is -2.21. The number of H-pyrrole nitrogens is 1. The highest BCUT2D eigenvalue weighted by Gasteiger charge is 2.29. The number of ether oxygens (including phenoxy) is 1. The lowest BCUT2D eigenvalue weighted by Gasteiger charge is -2.27. The first-order chi connectivity index (χ1) is 11.2. The molecule has 0 saturated heterocycles. The molecule has 1 saturated carbocycles. The van der Waals surface area contributed by atoms with Crippen molar-refractivity contribution >= 4 is 0 Å². The molecule has 0 radical (unpaired) electrons. The summed E-state index contributed by atoms with van der Waals surface area (Å²) in [6, 6.07) is 3.88. The van der Waals surface area contributed by atoms with Gasteiger partial charge in [-0.05, 0) is 18.4 Å². The number of nitrogens with one attached hydrogen (secondary N) is 1. The molecule has 2 aliphatic rings. The molecule has 0 unspecified atom stereocenters. The minimum absolute atomic E-state index is 0.0365. The van der Waals surface area contributed by atoms with Crippen LogP contribution in [0.1, 0.15) is 41.4 Å². The van der Waals surface area contributed by atoms with E-state index >= 15 is 0 Å². The highest BCUT2D eigenvalue weighted by molar-refractivity contribution is 5.24. The summed E-state index contributed by atoms with van der Waals surface area (Å²) in [6.45, 7) is 2.34. The summed E-state index contributed by atoms with van der Waals surface area (Å²) in [6.07, 6.45) is 4.96. The number of rotatable bonds is 4. The van der Waals surface area contributed by atoms with Crippen LogP contribution in [0.25, 0.3) is 0 Å². The molecule has 0 aromatic carbocycles. The van der Waals surface area contributed by atoms with Crippen LogP contribution in [0, 0.1) is 0 Å². The lowest BCUT2D eigenvalue weighted by molar-refractivity contribution is 0.241. The van der Waals surface area contributed by atoms with Crippen molar-refractivity contribution in [1.82, 2.24) is 19.9 Å². The molecule has 120 valence electrons. The summed E-state index contributed by atoms with van der Waals surface area (Å²) in [5.41, 5.74) is 2.96. The number of hydrogen-bond donors (Lipinski definition) is 1.